The van der Waals surface area contributed by atoms with Gasteiger partial charge in [-0.25, -0.2) is 4.79 Å². The summed E-state index contributed by atoms with van der Waals surface area (Å²) in [5.41, 5.74) is 8.20. The van der Waals surface area contributed by atoms with Crippen LogP contribution in [0.25, 0.3) is 0 Å². The van der Waals surface area contributed by atoms with Gasteiger partial charge in [0.15, 0.2) is 0 Å². The quantitative estimate of drug-likeness (QED) is 0.608. The van der Waals surface area contributed by atoms with Crippen LogP contribution in [0.2, 0.25) is 10.0 Å². The van der Waals surface area contributed by atoms with E-state index in [0.29, 0.717) is 33.4 Å². The normalized spacial score (nSPS) is 18.3. The number of amides is 1. The number of benzene rings is 2. The van der Waals surface area contributed by atoms with E-state index in [0.717, 1.165) is 12.0 Å². The zero-order valence-corrected chi connectivity index (χ0v) is 15.8. The number of hydrogen-bond donors (Lipinski definition) is 4. The number of carboxylic acid groups (broad SMARTS) is 1. The van der Waals surface area contributed by atoms with Crippen molar-refractivity contribution in [2.45, 2.75) is 24.9 Å². The van der Waals surface area contributed by atoms with Gasteiger partial charge in [-0.2, -0.15) is 0 Å². The smallest absolute Gasteiger partial charge is 0.326 e. The summed E-state index contributed by atoms with van der Waals surface area (Å²) in [6.07, 6.45) is 0.904. The lowest BCUT2D eigenvalue weighted by atomic mass is 9.92. The van der Waals surface area contributed by atoms with Crippen molar-refractivity contribution >= 4 is 40.8 Å². The molecule has 6 nitrogen and oxygen atoms in total. The Morgan fingerprint density at radius 1 is 1.22 bits per heavy atom. The number of hydrogen-bond acceptors (Lipinski definition) is 4. The van der Waals surface area contributed by atoms with Crippen LogP contribution in [0.3, 0.4) is 0 Å². The summed E-state index contributed by atoms with van der Waals surface area (Å²) in [6.45, 7) is 0.537. The number of aliphatic carboxylic acids is 1. The van der Waals surface area contributed by atoms with E-state index in [4.69, 9.17) is 28.9 Å². The first-order valence-electron chi connectivity index (χ1n) is 8.47. The Hall–Kier alpha value is -2.28. The predicted molar refractivity (Wildman–Crippen MR) is 106 cm³/mol. The first kappa shape index (κ1) is 19.5. The zero-order valence-electron chi connectivity index (χ0n) is 14.3. The molecule has 0 spiro atoms. The zero-order chi connectivity index (χ0) is 19.6. The van der Waals surface area contributed by atoms with E-state index in [-0.39, 0.29) is 12.3 Å². The highest BCUT2D eigenvalue weighted by Gasteiger charge is 2.33. The van der Waals surface area contributed by atoms with Gasteiger partial charge < -0.3 is 21.5 Å². The topological polar surface area (TPSA) is 104 Å². The molecule has 2 aromatic rings. The fourth-order valence-electron chi connectivity index (χ4n) is 3.18. The summed E-state index contributed by atoms with van der Waals surface area (Å²) in [6, 6.07) is 8.92. The molecule has 0 radical (unpaired) electrons. The van der Waals surface area contributed by atoms with Crippen molar-refractivity contribution in [2.24, 2.45) is 5.73 Å². The second kappa shape index (κ2) is 8.17. The van der Waals surface area contributed by atoms with Gasteiger partial charge in [0.2, 0.25) is 0 Å². The number of carbonyl (C=O) groups excluding carboxylic acids is 1. The Labute approximate surface area is 166 Å². The van der Waals surface area contributed by atoms with Gasteiger partial charge in [0, 0.05) is 33.3 Å². The lowest BCUT2D eigenvalue weighted by Gasteiger charge is -2.32. The van der Waals surface area contributed by atoms with Crippen LogP contribution in [-0.4, -0.2) is 29.6 Å². The van der Waals surface area contributed by atoms with Crippen LogP contribution in [0.1, 0.15) is 33.9 Å². The molecule has 0 fully saturated rings. The Kier molecular flexibility index (Phi) is 5.89. The van der Waals surface area contributed by atoms with Gasteiger partial charge in [-0.05, 0) is 42.8 Å². The van der Waals surface area contributed by atoms with Crippen molar-refractivity contribution in [1.82, 2.24) is 5.32 Å². The fourth-order valence-corrected chi connectivity index (χ4v) is 3.81. The average Bonchev–Trinajstić information content (AvgIpc) is 2.61. The van der Waals surface area contributed by atoms with Crippen molar-refractivity contribution in [1.29, 1.82) is 0 Å². The number of fused-ring (bicyclic) bond motifs is 1. The van der Waals surface area contributed by atoms with Crippen molar-refractivity contribution in [3.63, 3.8) is 0 Å². The molecular formula is C19H19Cl2N3O3. The molecule has 0 aromatic heterocycles. The largest absolute Gasteiger partial charge is 0.480 e. The van der Waals surface area contributed by atoms with Crippen LogP contribution in [0.15, 0.2) is 36.4 Å². The van der Waals surface area contributed by atoms with Crippen LogP contribution < -0.4 is 16.4 Å². The molecule has 2 atom stereocenters. The molecule has 1 aliphatic heterocycles. The van der Waals surface area contributed by atoms with Gasteiger partial charge in [0.1, 0.15) is 6.04 Å². The second-order valence-corrected chi connectivity index (χ2v) is 7.22. The standard InChI is InChI=1S/C19H19Cl2N3O3/c20-12-7-13(21)17-14(8-12)23-16(19(26)27)9-15(17)24-18(25)11-3-1-10(2-4-11)5-6-22/h1-4,7-8,15-16,23H,5-6,9,22H2,(H,24,25)(H,26,27)/t15-,16+/m0/s1. The van der Waals surface area contributed by atoms with Gasteiger partial charge >= 0.3 is 5.97 Å². The molecule has 8 heteroatoms. The summed E-state index contributed by atoms with van der Waals surface area (Å²) in [7, 11) is 0. The van der Waals surface area contributed by atoms with Gasteiger partial charge in [0.25, 0.3) is 5.91 Å². The predicted octanol–water partition coefficient (Wildman–Crippen LogP) is 3.23. The Morgan fingerprint density at radius 2 is 1.93 bits per heavy atom. The van der Waals surface area contributed by atoms with Crippen molar-refractivity contribution in [2.75, 3.05) is 11.9 Å². The number of carbonyl (C=O) groups is 2. The van der Waals surface area contributed by atoms with Crippen LogP contribution in [0.5, 0.6) is 0 Å². The molecule has 5 N–H and O–H groups in total. The second-order valence-electron chi connectivity index (χ2n) is 6.38. The van der Waals surface area contributed by atoms with Crippen LogP contribution in [0, 0.1) is 0 Å². The highest BCUT2D eigenvalue weighted by atomic mass is 35.5. The number of rotatable bonds is 5. The first-order chi connectivity index (χ1) is 12.9. The van der Waals surface area contributed by atoms with E-state index >= 15 is 0 Å². The summed E-state index contributed by atoms with van der Waals surface area (Å²) >= 11 is 12.4. The van der Waals surface area contributed by atoms with E-state index in [1.165, 1.54) is 0 Å². The molecule has 0 unspecified atom stereocenters. The molecular weight excluding hydrogens is 389 g/mol. The van der Waals surface area contributed by atoms with Crippen LogP contribution >= 0.6 is 23.2 Å². The maximum atomic E-state index is 12.7. The summed E-state index contributed by atoms with van der Waals surface area (Å²) < 4.78 is 0. The van der Waals surface area contributed by atoms with Gasteiger partial charge in [-0.3, -0.25) is 4.79 Å². The molecule has 27 heavy (non-hydrogen) atoms. The van der Waals surface area contributed by atoms with E-state index < -0.39 is 18.1 Å². The summed E-state index contributed by atoms with van der Waals surface area (Å²) in [5, 5.41) is 16.0. The number of halogens is 2. The van der Waals surface area contributed by atoms with Crippen LogP contribution in [0.4, 0.5) is 5.69 Å². The summed E-state index contributed by atoms with van der Waals surface area (Å²) in [4.78, 5) is 24.2. The third-order valence-electron chi connectivity index (χ3n) is 4.50. The number of carboxylic acids is 1. The van der Waals surface area contributed by atoms with E-state index in [9.17, 15) is 14.7 Å². The third kappa shape index (κ3) is 4.35. The molecule has 3 rings (SSSR count). The minimum absolute atomic E-state index is 0.167. The van der Waals surface area contributed by atoms with Gasteiger partial charge in [0.05, 0.1) is 6.04 Å². The summed E-state index contributed by atoms with van der Waals surface area (Å²) in [5.74, 6) is -1.32. The van der Waals surface area contributed by atoms with Crippen molar-refractivity contribution in [3.05, 3.63) is 63.1 Å². The number of nitrogens with one attached hydrogen (secondary N) is 2. The average molecular weight is 408 g/mol. The van der Waals surface area contributed by atoms with Gasteiger partial charge in [-0.15, -0.1) is 0 Å². The highest BCUT2D eigenvalue weighted by Crippen LogP contribution is 2.40. The van der Waals surface area contributed by atoms with E-state index in [1.54, 1.807) is 24.3 Å². The molecule has 0 saturated carbocycles. The molecule has 1 amide bonds. The van der Waals surface area contributed by atoms with Crippen molar-refractivity contribution in [3.8, 4) is 0 Å². The fraction of sp³-hybridized carbons (Fsp3) is 0.263. The van der Waals surface area contributed by atoms with Gasteiger partial charge in [-0.1, -0.05) is 35.3 Å². The minimum atomic E-state index is -1.01. The molecule has 0 bridgehead atoms. The number of nitrogens with two attached hydrogens (primary N) is 1. The molecule has 1 heterocycles. The first-order valence-corrected chi connectivity index (χ1v) is 9.22. The molecule has 0 aliphatic carbocycles. The lowest BCUT2D eigenvalue weighted by molar-refractivity contribution is -0.138. The van der Waals surface area contributed by atoms with Crippen molar-refractivity contribution < 1.29 is 14.7 Å². The van der Waals surface area contributed by atoms with E-state index in [2.05, 4.69) is 10.6 Å². The lowest BCUT2D eigenvalue weighted by Crippen LogP contribution is -2.41. The van der Waals surface area contributed by atoms with E-state index in [1.807, 2.05) is 12.1 Å². The maximum absolute atomic E-state index is 12.7. The molecule has 142 valence electrons. The minimum Gasteiger partial charge on any atom is -0.480 e. The highest BCUT2D eigenvalue weighted by molar-refractivity contribution is 6.35. The monoisotopic (exact) mass is 407 g/mol. The Bertz CT molecular complexity index is 871. The Morgan fingerprint density at radius 3 is 2.56 bits per heavy atom. The third-order valence-corrected chi connectivity index (χ3v) is 5.03. The molecule has 0 saturated heterocycles. The Balaban J connectivity index is 1.86. The van der Waals surface area contributed by atoms with Crippen LogP contribution in [-0.2, 0) is 11.2 Å². The number of anilines is 1. The molecule has 1 aliphatic rings. The SMILES string of the molecule is NCCc1ccc(C(=O)N[C@H]2C[C@H](C(=O)O)Nc3cc(Cl)cc(Cl)c32)cc1. The maximum Gasteiger partial charge on any atom is 0.326 e. The molecule has 2 aromatic carbocycles.